The van der Waals surface area contributed by atoms with Crippen LogP contribution in [0, 0.1) is 10.1 Å². The third-order valence-corrected chi connectivity index (χ3v) is 3.93. The summed E-state index contributed by atoms with van der Waals surface area (Å²) >= 11 is 0. The minimum atomic E-state index is -0.961. The number of hydrogen-bond acceptors (Lipinski definition) is 3. The fourth-order valence-electron chi connectivity index (χ4n) is 1.26. The highest BCUT2D eigenvalue weighted by atomic mass is 28.3. The number of rotatable bonds is 5. The predicted octanol–water partition coefficient (Wildman–Crippen LogP) is 2.55. The number of nitrogens with zero attached hydrogens (tertiary/aromatic N) is 1. The summed E-state index contributed by atoms with van der Waals surface area (Å²) in [5.74, 6) is 0.650. The Bertz CT molecular complexity index is 375. The van der Waals surface area contributed by atoms with E-state index in [2.05, 4.69) is 19.7 Å². The van der Waals surface area contributed by atoms with Crippen molar-refractivity contribution in [1.82, 2.24) is 0 Å². The van der Waals surface area contributed by atoms with Crippen LogP contribution in [0.1, 0.15) is 0 Å². The van der Waals surface area contributed by atoms with E-state index >= 15 is 0 Å². The molecule has 0 bridgehead atoms. The summed E-state index contributed by atoms with van der Waals surface area (Å²) < 4.78 is 5.68. The molecule has 0 heterocycles. The van der Waals surface area contributed by atoms with E-state index in [-0.39, 0.29) is 11.4 Å². The summed E-state index contributed by atoms with van der Waals surface area (Å²) in [6.45, 7) is 8.05. The van der Waals surface area contributed by atoms with Gasteiger partial charge in [-0.1, -0.05) is 25.7 Å². The zero-order valence-corrected chi connectivity index (χ0v) is 10.6. The molecule has 4 nitrogen and oxygen atoms in total. The average molecular weight is 237 g/mol. The van der Waals surface area contributed by atoms with E-state index in [1.54, 1.807) is 18.2 Å². The van der Waals surface area contributed by atoms with E-state index in [9.17, 15) is 10.1 Å². The van der Waals surface area contributed by atoms with Gasteiger partial charge >= 0.3 is 0 Å². The van der Waals surface area contributed by atoms with Crippen molar-refractivity contribution in [3.63, 3.8) is 0 Å². The van der Waals surface area contributed by atoms with E-state index in [0.717, 1.165) is 0 Å². The van der Waals surface area contributed by atoms with Crippen LogP contribution in [0.5, 0.6) is 5.75 Å². The Kier molecular flexibility index (Phi) is 4.25. The third-order valence-electron chi connectivity index (χ3n) is 2.21. The zero-order chi connectivity index (χ0) is 12.1. The maximum atomic E-state index is 10.5. The van der Waals surface area contributed by atoms with Gasteiger partial charge in [0.25, 0.3) is 5.69 Å². The van der Waals surface area contributed by atoms with Crippen molar-refractivity contribution in [2.24, 2.45) is 0 Å². The minimum Gasteiger partial charge on any atom is -0.491 e. The largest absolute Gasteiger partial charge is 0.491 e. The smallest absolute Gasteiger partial charge is 0.269 e. The van der Waals surface area contributed by atoms with E-state index in [0.29, 0.717) is 5.75 Å². The molecule has 0 radical (unpaired) electrons. The van der Waals surface area contributed by atoms with E-state index in [1.165, 1.54) is 12.1 Å². The van der Waals surface area contributed by atoms with Crippen molar-refractivity contribution in [3.8, 4) is 5.75 Å². The number of nitro groups is 1. The fraction of sp³-hybridized carbons (Fsp3) is 0.273. The molecule has 0 aliphatic heterocycles. The summed E-state index contributed by atoms with van der Waals surface area (Å²) in [4.78, 5) is 10.0. The lowest BCUT2D eigenvalue weighted by Crippen LogP contribution is -2.28. The van der Waals surface area contributed by atoms with Gasteiger partial charge in [-0.2, -0.15) is 0 Å². The molecule has 0 N–H and O–H groups in total. The standard InChI is InChI=1S/C11H15NO3Si/c1-4-11(16(2)3)15-10-7-5-9(6-8-10)12(13)14/h4-8,11,16H,1H2,2-3H3. The van der Waals surface area contributed by atoms with Crippen LogP contribution < -0.4 is 4.74 Å². The highest BCUT2D eigenvalue weighted by Gasteiger charge is 2.12. The Hall–Kier alpha value is -1.62. The molecule has 16 heavy (non-hydrogen) atoms. The molecule has 86 valence electrons. The molecule has 1 aromatic carbocycles. The van der Waals surface area contributed by atoms with Crippen molar-refractivity contribution < 1.29 is 9.66 Å². The fourth-order valence-corrected chi connectivity index (χ4v) is 2.23. The van der Waals surface area contributed by atoms with Crippen LogP contribution in [0.2, 0.25) is 13.1 Å². The first-order valence-corrected chi connectivity index (χ1v) is 8.06. The monoisotopic (exact) mass is 237 g/mol. The molecule has 0 amide bonds. The lowest BCUT2D eigenvalue weighted by molar-refractivity contribution is -0.384. The quantitative estimate of drug-likeness (QED) is 0.342. The Morgan fingerprint density at radius 3 is 2.38 bits per heavy atom. The van der Waals surface area contributed by atoms with Gasteiger partial charge in [0.15, 0.2) is 0 Å². The first-order chi connectivity index (χ1) is 7.54. The molecule has 0 spiro atoms. The predicted molar refractivity (Wildman–Crippen MR) is 66.6 cm³/mol. The van der Waals surface area contributed by atoms with Crippen LogP contribution in [0.25, 0.3) is 0 Å². The summed E-state index contributed by atoms with van der Waals surface area (Å²) in [5.41, 5.74) is 0.130. The number of nitro benzene ring substituents is 1. The molecule has 0 aromatic heterocycles. The van der Waals surface area contributed by atoms with Crippen molar-refractivity contribution in [2.45, 2.75) is 18.8 Å². The zero-order valence-electron chi connectivity index (χ0n) is 9.42. The second-order valence-corrected chi connectivity index (χ2v) is 6.96. The average Bonchev–Trinajstić information content (AvgIpc) is 2.26. The molecular formula is C11H15NO3Si. The molecule has 0 fully saturated rings. The molecular weight excluding hydrogens is 222 g/mol. The first-order valence-electron chi connectivity index (χ1n) is 5.08. The van der Waals surface area contributed by atoms with Crippen LogP contribution in [0.4, 0.5) is 5.69 Å². The molecule has 1 atom stereocenters. The van der Waals surface area contributed by atoms with E-state index in [4.69, 9.17) is 4.74 Å². The van der Waals surface area contributed by atoms with Gasteiger partial charge in [0, 0.05) is 12.1 Å². The van der Waals surface area contributed by atoms with E-state index < -0.39 is 13.7 Å². The molecule has 1 aromatic rings. The van der Waals surface area contributed by atoms with E-state index in [1.807, 2.05) is 0 Å². The Morgan fingerprint density at radius 2 is 2.00 bits per heavy atom. The van der Waals surface area contributed by atoms with Gasteiger partial charge in [0.2, 0.25) is 0 Å². The van der Waals surface area contributed by atoms with Crippen molar-refractivity contribution >= 4 is 14.5 Å². The molecule has 0 aliphatic carbocycles. The summed E-state index contributed by atoms with van der Waals surface area (Å²) in [6, 6.07) is 6.12. The molecule has 0 saturated carbocycles. The minimum absolute atomic E-state index is 0.0569. The first kappa shape index (κ1) is 12.4. The second-order valence-electron chi connectivity index (χ2n) is 3.81. The van der Waals surface area contributed by atoms with Crippen molar-refractivity contribution in [2.75, 3.05) is 0 Å². The molecule has 0 saturated heterocycles. The van der Waals surface area contributed by atoms with Gasteiger partial charge in [-0.15, -0.1) is 0 Å². The number of benzene rings is 1. The normalized spacial score (nSPS) is 12.2. The number of ether oxygens (including phenoxy) is 1. The topological polar surface area (TPSA) is 52.4 Å². The highest BCUT2D eigenvalue weighted by molar-refractivity contribution is 6.57. The molecule has 1 unspecified atom stereocenters. The van der Waals surface area contributed by atoms with Gasteiger partial charge in [-0.25, -0.2) is 0 Å². The molecule has 1 rings (SSSR count). The summed E-state index contributed by atoms with van der Waals surface area (Å²) in [6.07, 6.45) is 1.79. The van der Waals surface area contributed by atoms with Gasteiger partial charge in [0.1, 0.15) is 11.5 Å². The Balaban J connectivity index is 2.75. The lowest BCUT2D eigenvalue weighted by atomic mass is 10.3. The summed E-state index contributed by atoms with van der Waals surface area (Å²) in [7, 11) is -0.961. The number of hydrogen-bond donors (Lipinski definition) is 0. The number of non-ortho nitro benzene ring substituents is 1. The maximum absolute atomic E-state index is 10.5. The summed E-state index contributed by atoms with van der Waals surface area (Å²) in [5, 5.41) is 10.5. The van der Waals surface area contributed by atoms with Gasteiger partial charge < -0.3 is 4.74 Å². The van der Waals surface area contributed by atoms with Crippen LogP contribution in [-0.4, -0.2) is 19.4 Å². The van der Waals surface area contributed by atoms with Crippen LogP contribution in [0.3, 0.4) is 0 Å². The second kappa shape index (κ2) is 5.46. The van der Waals surface area contributed by atoms with Crippen LogP contribution >= 0.6 is 0 Å². The molecule has 0 aliphatic rings. The van der Waals surface area contributed by atoms with Crippen molar-refractivity contribution in [3.05, 3.63) is 47.0 Å². The van der Waals surface area contributed by atoms with Crippen LogP contribution in [-0.2, 0) is 0 Å². The Labute approximate surface area is 96.3 Å². The lowest BCUT2D eigenvalue weighted by Gasteiger charge is -2.17. The highest BCUT2D eigenvalue weighted by Crippen LogP contribution is 2.19. The van der Waals surface area contributed by atoms with Crippen LogP contribution in [0.15, 0.2) is 36.9 Å². The van der Waals surface area contributed by atoms with Gasteiger partial charge in [-0.3, -0.25) is 10.1 Å². The van der Waals surface area contributed by atoms with Gasteiger partial charge in [-0.05, 0) is 12.1 Å². The Morgan fingerprint density at radius 1 is 1.44 bits per heavy atom. The third kappa shape index (κ3) is 3.20. The maximum Gasteiger partial charge on any atom is 0.269 e. The molecule has 5 heteroatoms. The van der Waals surface area contributed by atoms with Crippen molar-refractivity contribution in [1.29, 1.82) is 0 Å². The SMILES string of the molecule is C=CC(Oc1ccc([N+](=O)[O-])cc1)[SiH](C)C. The van der Waals surface area contributed by atoms with Gasteiger partial charge in [0.05, 0.1) is 13.7 Å².